The summed E-state index contributed by atoms with van der Waals surface area (Å²) in [6.07, 6.45) is 1.97. The molecule has 1 fully saturated rings. The molecule has 4 N–H and O–H groups in total. The van der Waals surface area contributed by atoms with Gasteiger partial charge in [-0.1, -0.05) is 56.3 Å². The first kappa shape index (κ1) is 36.5. The van der Waals surface area contributed by atoms with Gasteiger partial charge < -0.3 is 35.1 Å². The van der Waals surface area contributed by atoms with Gasteiger partial charge in [0, 0.05) is 37.8 Å². The van der Waals surface area contributed by atoms with Crippen LogP contribution in [0.25, 0.3) is 10.8 Å². The van der Waals surface area contributed by atoms with Gasteiger partial charge in [0.2, 0.25) is 17.7 Å². The van der Waals surface area contributed by atoms with Crippen molar-refractivity contribution in [2.45, 2.75) is 84.1 Å². The van der Waals surface area contributed by atoms with Crippen LogP contribution >= 0.6 is 0 Å². The minimum atomic E-state index is -1.20. The number of fused-ring (bicyclic) bond motifs is 1. The van der Waals surface area contributed by atoms with Crippen LogP contribution in [0.1, 0.15) is 58.2 Å². The second-order valence-corrected chi connectivity index (χ2v) is 13.1. The summed E-state index contributed by atoms with van der Waals surface area (Å²) in [5.41, 5.74) is 1.54. The molecule has 1 aromatic heterocycles. The highest BCUT2D eigenvalue weighted by molar-refractivity contribution is 5.92. The number of carbonyl (C=O) groups excluding carboxylic acids is 4. The molecule has 3 amide bonds. The zero-order valence-corrected chi connectivity index (χ0v) is 28.3. The van der Waals surface area contributed by atoms with E-state index in [1.807, 2.05) is 56.3 Å². The average Bonchev–Trinajstić information content (AvgIpc) is 3.57. The molecule has 1 saturated heterocycles. The van der Waals surface area contributed by atoms with Gasteiger partial charge in [-0.2, -0.15) is 0 Å². The molecule has 0 radical (unpaired) electrons. The maximum absolute atomic E-state index is 14.2. The third-order valence-corrected chi connectivity index (χ3v) is 8.37. The fourth-order valence-electron chi connectivity index (χ4n) is 5.99. The normalized spacial score (nSPS) is 15.9. The Bertz CT molecular complexity index is 1500. The standard InChI is InChI=1S/C36H49N5O7/c1-23(2)16-30(32(42)20-34(44)48-24(3)4)39-36(46)31(19-28-21-37-22-38-28)40-35(45)27(18-33(43)41-12-14-47-15-13-41)17-26-10-7-9-25-8-5-6-11-29(25)26/h5-11,21-24,27,30-32,42H,12-20H2,1-4H3,(H,37,38)(H,39,46)(H,40,45). The third-order valence-electron chi connectivity index (χ3n) is 8.37. The summed E-state index contributed by atoms with van der Waals surface area (Å²) in [6.45, 7) is 9.14. The van der Waals surface area contributed by atoms with E-state index < -0.39 is 41.9 Å². The lowest BCUT2D eigenvalue weighted by Gasteiger charge is -2.30. The quantitative estimate of drug-likeness (QED) is 0.170. The Balaban J connectivity index is 1.58. The van der Waals surface area contributed by atoms with Crippen molar-refractivity contribution in [1.29, 1.82) is 0 Å². The monoisotopic (exact) mass is 663 g/mol. The first-order valence-electron chi connectivity index (χ1n) is 16.8. The topological polar surface area (TPSA) is 163 Å². The van der Waals surface area contributed by atoms with Gasteiger partial charge in [-0.05, 0) is 48.9 Å². The van der Waals surface area contributed by atoms with Crippen LogP contribution in [0.15, 0.2) is 55.0 Å². The number of imidazole rings is 1. The van der Waals surface area contributed by atoms with Crippen LogP contribution in [0.5, 0.6) is 0 Å². The molecular formula is C36H49N5O7. The average molecular weight is 664 g/mol. The molecule has 4 atom stereocenters. The van der Waals surface area contributed by atoms with Crippen molar-refractivity contribution in [3.63, 3.8) is 0 Å². The van der Waals surface area contributed by atoms with Crippen molar-refractivity contribution >= 4 is 34.5 Å². The fourth-order valence-corrected chi connectivity index (χ4v) is 5.99. The van der Waals surface area contributed by atoms with Gasteiger partial charge in [-0.3, -0.25) is 19.2 Å². The molecule has 4 rings (SSSR count). The fraction of sp³-hybridized carbons (Fsp3) is 0.528. The Morgan fingerprint density at radius 3 is 2.38 bits per heavy atom. The van der Waals surface area contributed by atoms with Crippen LogP contribution < -0.4 is 10.6 Å². The number of nitrogens with zero attached hydrogens (tertiary/aromatic N) is 2. The molecule has 0 aliphatic carbocycles. The van der Waals surface area contributed by atoms with Crippen molar-refractivity contribution in [2.75, 3.05) is 26.3 Å². The smallest absolute Gasteiger partial charge is 0.308 e. The lowest BCUT2D eigenvalue weighted by Crippen LogP contribution is -2.55. The van der Waals surface area contributed by atoms with Crippen LogP contribution in [0.4, 0.5) is 0 Å². The maximum atomic E-state index is 14.2. The summed E-state index contributed by atoms with van der Waals surface area (Å²) < 4.78 is 10.6. The Kier molecular flexibility index (Phi) is 13.5. The van der Waals surface area contributed by atoms with Gasteiger partial charge in [0.15, 0.2) is 0 Å². The molecule has 0 saturated carbocycles. The second-order valence-electron chi connectivity index (χ2n) is 13.1. The predicted octanol–water partition coefficient (Wildman–Crippen LogP) is 2.93. The minimum Gasteiger partial charge on any atom is -0.463 e. The molecule has 48 heavy (non-hydrogen) atoms. The molecule has 3 aromatic rings. The van der Waals surface area contributed by atoms with Crippen molar-refractivity contribution in [3.8, 4) is 0 Å². The van der Waals surface area contributed by atoms with Crippen LogP contribution in [-0.4, -0.2) is 94.3 Å². The molecule has 12 heteroatoms. The van der Waals surface area contributed by atoms with Crippen molar-refractivity contribution in [2.24, 2.45) is 11.8 Å². The molecule has 2 heterocycles. The number of ether oxygens (including phenoxy) is 2. The van der Waals surface area contributed by atoms with Crippen LogP contribution in [0, 0.1) is 11.8 Å². The molecule has 0 bridgehead atoms. The lowest BCUT2D eigenvalue weighted by molar-refractivity contribution is -0.150. The number of morpholine rings is 1. The van der Waals surface area contributed by atoms with E-state index in [2.05, 4.69) is 20.6 Å². The second kappa shape index (κ2) is 17.7. The lowest BCUT2D eigenvalue weighted by atomic mass is 9.91. The van der Waals surface area contributed by atoms with Gasteiger partial charge in [0.25, 0.3) is 0 Å². The van der Waals surface area contributed by atoms with E-state index in [1.165, 1.54) is 6.33 Å². The molecular weight excluding hydrogens is 614 g/mol. The highest BCUT2D eigenvalue weighted by Gasteiger charge is 2.33. The minimum absolute atomic E-state index is 0.0416. The molecule has 1 aliphatic rings. The molecule has 2 aromatic carbocycles. The summed E-state index contributed by atoms with van der Waals surface area (Å²) in [4.78, 5) is 62.6. The van der Waals surface area contributed by atoms with E-state index in [1.54, 1.807) is 24.9 Å². The number of rotatable bonds is 16. The number of aromatic nitrogens is 2. The number of esters is 1. The Morgan fingerprint density at radius 1 is 0.958 bits per heavy atom. The zero-order chi connectivity index (χ0) is 34.6. The molecule has 1 aliphatic heterocycles. The molecule has 4 unspecified atom stereocenters. The predicted molar refractivity (Wildman–Crippen MR) is 181 cm³/mol. The van der Waals surface area contributed by atoms with E-state index in [0.717, 1.165) is 16.3 Å². The molecule has 260 valence electrons. The number of aromatic amines is 1. The first-order chi connectivity index (χ1) is 23.0. The van der Waals surface area contributed by atoms with E-state index >= 15 is 0 Å². The van der Waals surface area contributed by atoms with Crippen LogP contribution in [0.3, 0.4) is 0 Å². The summed E-state index contributed by atoms with van der Waals surface area (Å²) in [7, 11) is 0. The van der Waals surface area contributed by atoms with Crippen LogP contribution in [0.2, 0.25) is 0 Å². The Hall–Kier alpha value is -4.29. The van der Waals surface area contributed by atoms with Gasteiger partial charge in [0.1, 0.15) is 6.04 Å². The van der Waals surface area contributed by atoms with Crippen molar-refractivity contribution < 1.29 is 33.8 Å². The third kappa shape index (κ3) is 10.9. The number of H-pyrrole nitrogens is 1. The van der Waals surface area contributed by atoms with Crippen molar-refractivity contribution in [1.82, 2.24) is 25.5 Å². The number of nitrogens with one attached hydrogen (secondary N) is 3. The number of benzene rings is 2. The summed E-state index contributed by atoms with van der Waals surface area (Å²) >= 11 is 0. The van der Waals surface area contributed by atoms with E-state index in [4.69, 9.17) is 9.47 Å². The highest BCUT2D eigenvalue weighted by Crippen LogP contribution is 2.24. The SMILES string of the molecule is CC(C)CC(NC(=O)C(Cc1cnc[nH]1)NC(=O)C(CC(=O)N1CCOCC1)Cc1cccc2ccccc12)C(O)CC(=O)OC(C)C. The van der Waals surface area contributed by atoms with Crippen LogP contribution in [-0.2, 0) is 41.5 Å². The van der Waals surface area contributed by atoms with E-state index in [-0.39, 0.29) is 43.6 Å². The number of aliphatic hydroxyl groups is 1. The number of hydrogen-bond acceptors (Lipinski definition) is 8. The molecule has 12 nitrogen and oxygen atoms in total. The maximum Gasteiger partial charge on any atom is 0.308 e. The largest absolute Gasteiger partial charge is 0.463 e. The van der Waals surface area contributed by atoms with E-state index in [9.17, 15) is 24.3 Å². The number of aliphatic hydroxyl groups excluding tert-OH is 1. The van der Waals surface area contributed by atoms with E-state index in [0.29, 0.717) is 38.4 Å². The van der Waals surface area contributed by atoms with Gasteiger partial charge in [-0.25, -0.2) is 4.98 Å². The summed E-state index contributed by atoms with van der Waals surface area (Å²) in [5, 5.41) is 18.8. The summed E-state index contributed by atoms with van der Waals surface area (Å²) in [5.74, 6) is -2.37. The summed E-state index contributed by atoms with van der Waals surface area (Å²) in [6, 6.07) is 12.0. The Morgan fingerprint density at radius 2 is 1.69 bits per heavy atom. The number of amides is 3. The van der Waals surface area contributed by atoms with Crippen molar-refractivity contribution in [3.05, 3.63) is 66.2 Å². The number of hydrogen-bond donors (Lipinski definition) is 4. The van der Waals surface area contributed by atoms with Gasteiger partial charge in [-0.15, -0.1) is 0 Å². The zero-order valence-electron chi connectivity index (χ0n) is 28.3. The Labute approximate surface area is 282 Å². The highest BCUT2D eigenvalue weighted by atomic mass is 16.5. The molecule has 0 spiro atoms. The number of carbonyl (C=O) groups is 4. The van der Waals surface area contributed by atoms with Gasteiger partial charge >= 0.3 is 5.97 Å². The van der Waals surface area contributed by atoms with Gasteiger partial charge in [0.05, 0.1) is 50.1 Å². The first-order valence-corrected chi connectivity index (χ1v) is 16.8.